The van der Waals surface area contributed by atoms with Gasteiger partial charge in [-0.25, -0.2) is 0 Å². The lowest BCUT2D eigenvalue weighted by Crippen LogP contribution is -2.57. The molecule has 7 nitrogen and oxygen atoms in total. The predicted octanol–water partition coefficient (Wildman–Crippen LogP) is 1.44. The fourth-order valence-corrected chi connectivity index (χ4v) is 3.51. The van der Waals surface area contributed by atoms with Crippen LogP contribution < -0.4 is 9.47 Å². The van der Waals surface area contributed by atoms with E-state index in [0.29, 0.717) is 18.0 Å². The number of hydrogen-bond donors (Lipinski definition) is 0. The molecule has 2 fully saturated rings. The van der Waals surface area contributed by atoms with Crippen LogP contribution in [0.4, 0.5) is 0 Å². The molecule has 0 bridgehead atoms. The number of carbonyl (C=O) groups excluding carboxylic acids is 2. The van der Waals surface area contributed by atoms with Crippen LogP contribution in [0.3, 0.4) is 0 Å². The van der Waals surface area contributed by atoms with E-state index in [0.717, 1.165) is 37.9 Å². The van der Waals surface area contributed by atoms with Crippen molar-refractivity contribution in [1.82, 2.24) is 9.80 Å². The van der Waals surface area contributed by atoms with Gasteiger partial charge in [0, 0.05) is 19.6 Å². The average Bonchev–Trinajstić information content (AvgIpc) is 2.69. The molecular weight excluding hydrogens is 336 g/mol. The first-order valence-corrected chi connectivity index (χ1v) is 9.01. The summed E-state index contributed by atoms with van der Waals surface area (Å²) in [5, 5.41) is 0. The van der Waals surface area contributed by atoms with Gasteiger partial charge < -0.3 is 24.0 Å². The van der Waals surface area contributed by atoms with Gasteiger partial charge in [-0.2, -0.15) is 0 Å². The van der Waals surface area contributed by atoms with Gasteiger partial charge in [-0.1, -0.05) is 6.07 Å². The summed E-state index contributed by atoms with van der Waals surface area (Å²) in [6.45, 7) is 2.11. The molecule has 3 rings (SSSR count). The zero-order chi connectivity index (χ0) is 18.5. The molecule has 142 valence electrons. The summed E-state index contributed by atoms with van der Waals surface area (Å²) in [6, 6.07) is 4.96. The Balaban J connectivity index is 1.78. The number of morpholine rings is 1. The molecule has 0 saturated carbocycles. The van der Waals surface area contributed by atoms with Crippen LogP contribution in [0, 0.1) is 0 Å². The van der Waals surface area contributed by atoms with Crippen molar-refractivity contribution < 1.29 is 23.8 Å². The number of piperidine rings is 1. The van der Waals surface area contributed by atoms with Crippen molar-refractivity contribution in [2.45, 2.75) is 31.8 Å². The van der Waals surface area contributed by atoms with E-state index in [-0.39, 0.29) is 25.0 Å². The highest BCUT2D eigenvalue weighted by molar-refractivity contribution is 5.89. The molecule has 1 aromatic rings. The summed E-state index contributed by atoms with van der Waals surface area (Å²) in [5.74, 6) is 1.05. The van der Waals surface area contributed by atoms with E-state index in [4.69, 9.17) is 14.2 Å². The number of likely N-dealkylation sites (tertiary alicyclic amines) is 1. The predicted molar refractivity (Wildman–Crippen MR) is 95.1 cm³/mol. The van der Waals surface area contributed by atoms with Crippen molar-refractivity contribution in [3.8, 4) is 11.5 Å². The van der Waals surface area contributed by atoms with E-state index in [9.17, 15) is 9.59 Å². The number of amides is 2. The van der Waals surface area contributed by atoms with Crippen molar-refractivity contribution in [3.63, 3.8) is 0 Å². The van der Waals surface area contributed by atoms with Crippen LogP contribution in [-0.4, -0.2) is 68.2 Å². The smallest absolute Gasteiger partial charge is 0.249 e. The first-order chi connectivity index (χ1) is 12.6. The normalized spacial score (nSPS) is 20.8. The van der Waals surface area contributed by atoms with Gasteiger partial charge in [0.1, 0.15) is 12.6 Å². The number of carbonyl (C=O) groups is 2. The number of methoxy groups -OCH3 is 2. The molecule has 2 amide bonds. The summed E-state index contributed by atoms with van der Waals surface area (Å²) >= 11 is 0. The molecule has 1 aromatic carbocycles. The molecule has 1 atom stereocenters. The van der Waals surface area contributed by atoms with Gasteiger partial charge in [0.2, 0.25) is 11.8 Å². The Hall–Kier alpha value is -2.28. The Labute approximate surface area is 153 Å². The third-order valence-electron chi connectivity index (χ3n) is 4.95. The lowest BCUT2D eigenvalue weighted by Gasteiger charge is -2.38. The van der Waals surface area contributed by atoms with Crippen molar-refractivity contribution >= 4 is 11.8 Å². The monoisotopic (exact) mass is 362 g/mol. The third kappa shape index (κ3) is 3.93. The highest BCUT2D eigenvalue weighted by Gasteiger charge is 2.36. The maximum absolute atomic E-state index is 12.9. The van der Waals surface area contributed by atoms with Crippen LogP contribution >= 0.6 is 0 Å². The van der Waals surface area contributed by atoms with Crippen molar-refractivity contribution in [2.75, 3.05) is 40.5 Å². The van der Waals surface area contributed by atoms with E-state index in [2.05, 4.69) is 0 Å². The summed E-state index contributed by atoms with van der Waals surface area (Å²) in [7, 11) is 3.15. The van der Waals surface area contributed by atoms with E-state index in [1.807, 2.05) is 17.0 Å². The Morgan fingerprint density at radius 1 is 1.15 bits per heavy atom. The van der Waals surface area contributed by atoms with Gasteiger partial charge in [-0.3, -0.25) is 9.59 Å². The highest BCUT2D eigenvalue weighted by Crippen LogP contribution is 2.29. The van der Waals surface area contributed by atoms with Crippen molar-refractivity contribution in [3.05, 3.63) is 23.8 Å². The van der Waals surface area contributed by atoms with E-state index in [1.165, 1.54) is 0 Å². The van der Waals surface area contributed by atoms with Crippen LogP contribution in [0.5, 0.6) is 11.5 Å². The first-order valence-electron chi connectivity index (χ1n) is 9.01. The van der Waals surface area contributed by atoms with Gasteiger partial charge in [0.05, 0.1) is 20.8 Å². The highest BCUT2D eigenvalue weighted by atomic mass is 16.5. The third-order valence-corrected chi connectivity index (χ3v) is 4.95. The lowest BCUT2D eigenvalue weighted by atomic mass is 10.1. The average molecular weight is 362 g/mol. The molecule has 26 heavy (non-hydrogen) atoms. The maximum Gasteiger partial charge on any atom is 0.249 e. The molecule has 0 radical (unpaired) electrons. The summed E-state index contributed by atoms with van der Waals surface area (Å²) in [6.07, 6.45) is 3.19. The quantitative estimate of drug-likeness (QED) is 0.793. The second-order valence-electron chi connectivity index (χ2n) is 6.63. The zero-order valence-corrected chi connectivity index (χ0v) is 15.4. The second kappa shape index (κ2) is 8.40. The SMILES string of the molecule is COc1ccc(CN2C(=O)COC[C@H]2C(=O)N2CCCCC2)cc1OC. The Kier molecular flexibility index (Phi) is 5.98. The topological polar surface area (TPSA) is 68.3 Å². The van der Waals surface area contributed by atoms with E-state index in [1.54, 1.807) is 25.2 Å². The molecular formula is C19H26N2O5. The van der Waals surface area contributed by atoms with Gasteiger partial charge in [0.25, 0.3) is 0 Å². The van der Waals surface area contributed by atoms with Gasteiger partial charge in [0.15, 0.2) is 11.5 Å². The number of benzene rings is 1. The molecule has 2 saturated heterocycles. The minimum atomic E-state index is -0.567. The number of rotatable bonds is 5. The number of hydrogen-bond acceptors (Lipinski definition) is 5. The zero-order valence-electron chi connectivity index (χ0n) is 15.4. The molecule has 2 aliphatic rings. The van der Waals surface area contributed by atoms with Gasteiger partial charge >= 0.3 is 0 Å². The first kappa shape index (κ1) is 18.5. The fraction of sp³-hybridized carbons (Fsp3) is 0.579. The molecule has 0 spiro atoms. The molecule has 2 heterocycles. The molecule has 7 heteroatoms. The standard InChI is InChI=1S/C19H26N2O5/c1-24-16-7-6-14(10-17(16)25-2)11-21-15(12-26-13-18(21)22)19(23)20-8-4-3-5-9-20/h6-7,10,15H,3-5,8-9,11-13H2,1-2H3/t15-/m0/s1. The van der Waals surface area contributed by atoms with E-state index < -0.39 is 6.04 Å². The molecule has 0 N–H and O–H groups in total. The van der Waals surface area contributed by atoms with Crippen molar-refractivity contribution in [1.29, 1.82) is 0 Å². The van der Waals surface area contributed by atoms with Gasteiger partial charge in [-0.15, -0.1) is 0 Å². The van der Waals surface area contributed by atoms with Crippen LogP contribution in [0.15, 0.2) is 18.2 Å². The van der Waals surface area contributed by atoms with Gasteiger partial charge in [-0.05, 0) is 37.0 Å². The Morgan fingerprint density at radius 3 is 2.58 bits per heavy atom. The minimum absolute atomic E-state index is 0.0110. The largest absolute Gasteiger partial charge is 0.493 e. The second-order valence-corrected chi connectivity index (χ2v) is 6.63. The van der Waals surface area contributed by atoms with E-state index >= 15 is 0 Å². The van der Waals surface area contributed by atoms with Crippen molar-refractivity contribution in [2.24, 2.45) is 0 Å². The number of ether oxygens (including phenoxy) is 3. The van der Waals surface area contributed by atoms with Crippen LogP contribution in [-0.2, 0) is 20.9 Å². The molecule has 0 aliphatic carbocycles. The van der Waals surface area contributed by atoms with Crippen LogP contribution in [0.1, 0.15) is 24.8 Å². The molecule has 2 aliphatic heterocycles. The maximum atomic E-state index is 12.9. The summed E-state index contributed by atoms with van der Waals surface area (Å²) in [5.41, 5.74) is 0.884. The Morgan fingerprint density at radius 2 is 1.88 bits per heavy atom. The summed E-state index contributed by atoms with van der Waals surface area (Å²) < 4.78 is 16.0. The van der Waals surface area contributed by atoms with Crippen LogP contribution in [0.25, 0.3) is 0 Å². The molecule has 0 unspecified atom stereocenters. The fourth-order valence-electron chi connectivity index (χ4n) is 3.51. The number of nitrogens with zero attached hydrogens (tertiary/aromatic N) is 2. The Bertz CT molecular complexity index is 657. The minimum Gasteiger partial charge on any atom is -0.493 e. The summed E-state index contributed by atoms with van der Waals surface area (Å²) in [4.78, 5) is 28.9. The molecule has 0 aromatic heterocycles. The lowest BCUT2D eigenvalue weighted by molar-refractivity contribution is -0.160. The van der Waals surface area contributed by atoms with Crippen LogP contribution in [0.2, 0.25) is 0 Å².